The van der Waals surface area contributed by atoms with Crippen molar-refractivity contribution in [3.8, 4) is 0 Å². The minimum Gasteiger partial charge on any atom is -0.287 e. The van der Waals surface area contributed by atoms with Gasteiger partial charge in [0.1, 0.15) is 0 Å². The zero-order valence-electron chi connectivity index (χ0n) is 7.60. The summed E-state index contributed by atoms with van der Waals surface area (Å²) in [6.45, 7) is 1.41. The van der Waals surface area contributed by atoms with E-state index in [0.717, 1.165) is 6.20 Å². The number of carbonyl (C=O) groups excluding carboxylic acids is 1. The van der Waals surface area contributed by atoms with Crippen molar-refractivity contribution < 1.29 is 4.79 Å². The van der Waals surface area contributed by atoms with Crippen LogP contribution >= 0.6 is 0 Å². The molecule has 0 N–H and O–H groups in total. The fourth-order valence-corrected chi connectivity index (χ4v) is 1.36. The van der Waals surface area contributed by atoms with Crippen LogP contribution in [0.4, 0.5) is 0 Å². The summed E-state index contributed by atoms with van der Waals surface area (Å²) < 4.78 is 1.22. The van der Waals surface area contributed by atoms with E-state index in [0.29, 0.717) is 10.9 Å². The van der Waals surface area contributed by atoms with Gasteiger partial charge in [-0.25, -0.2) is 4.68 Å². The number of para-hydroxylation sites is 1. The highest BCUT2D eigenvalue weighted by Gasteiger charge is 2.05. The molecule has 0 saturated carbocycles. The predicted molar refractivity (Wildman–Crippen MR) is 52.3 cm³/mol. The Kier molecular flexibility index (Phi) is 1.89. The lowest BCUT2D eigenvalue weighted by atomic mass is 10.2. The summed E-state index contributed by atoms with van der Waals surface area (Å²) in [5.41, 5.74) is 0.380. The third-order valence-corrected chi connectivity index (χ3v) is 1.99. The molecule has 14 heavy (non-hydrogen) atoms. The molecule has 0 aliphatic rings. The number of fused-ring (bicyclic) bond motifs is 1. The van der Waals surface area contributed by atoms with Gasteiger partial charge in [-0.3, -0.25) is 9.59 Å². The van der Waals surface area contributed by atoms with Crippen molar-refractivity contribution in [2.45, 2.75) is 6.92 Å². The van der Waals surface area contributed by atoms with E-state index in [4.69, 9.17) is 0 Å². The van der Waals surface area contributed by atoms with Crippen LogP contribution in [-0.2, 0) is 0 Å². The second kappa shape index (κ2) is 3.06. The maximum absolute atomic E-state index is 11.4. The van der Waals surface area contributed by atoms with Gasteiger partial charge in [0.15, 0.2) is 0 Å². The molecule has 0 fully saturated rings. The van der Waals surface area contributed by atoms with Crippen molar-refractivity contribution in [2.24, 2.45) is 0 Å². The minimum absolute atomic E-state index is 0.168. The van der Waals surface area contributed by atoms with Crippen LogP contribution < -0.4 is 5.43 Å². The summed E-state index contributed by atoms with van der Waals surface area (Å²) in [4.78, 5) is 22.5. The van der Waals surface area contributed by atoms with E-state index < -0.39 is 0 Å². The number of hydrogen-bond acceptors (Lipinski definition) is 3. The fraction of sp³-hybridized carbons (Fsp3) is 0.100. The van der Waals surface area contributed by atoms with E-state index in [1.54, 1.807) is 24.3 Å². The van der Waals surface area contributed by atoms with Gasteiger partial charge in [-0.15, -0.1) is 0 Å². The molecule has 2 rings (SSSR count). The van der Waals surface area contributed by atoms with Crippen LogP contribution in [0, 0.1) is 0 Å². The Morgan fingerprint density at radius 1 is 1.36 bits per heavy atom. The smallest absolute Gasteiger partial charge is 0.244 e. The van der Waals surface area contributed by atoms with E-state index in [1.807, 2.05) is 0 Å². The quantitative estimate of drug-likeness (QED) is 0.621. The molecule has 0 spiro atoms. The number of rotatable bonds is 0. The average Bonchev–Trinajstić information content (AvgIpc) is 2.18. The van der Waals surface area contributed by atoms with Crippen LogP contribution in [0.3, 0.4) is 0 Å². The van der Waals surface area contributed by atoms with Crippen LogP contribution in [-0.4, -0.2) is 15.7 Å². The van der Waals surface area contributed by atoms with Gasteiger partial charge in [-0.05, 0) is 12.1 Å². The van der Waals surface area contributed by atoms with E-state index >= 15 is 0 Å². The van der Waals surface area contributed by atoms with Crippen LogP contribution in [0.15, 0.2) is 35.3 Å². The molecule has 2 aromatic rings. The normalized spacial score (nSPS) is 10.4. The second-order valence-electron chi connectivity index (χ2n) is 2.96. The third kappa shape index (κ3) is 1.21. The Labute approximate surface area is 79.8 Å². The summed E-state index contributed by atoms with van der Waals surface area (Å²) in [5, 5.41) is 4.27. The van der Waals surface area contributed by atoms with Crippen LogP contribution in [0.5, 0.6) is 0 Å². The molecule has 1 heterocycles. The molecule has 4 nitrogen and oxygen atoms in total. The Morgan fingerprint density at radius 3 is 2.79 bits per heavy atom. The molecule has 0 aliphatic heterocycles. The fourth-order valence-electron chi connectivity index (χ4n) is 1.36. The molecule has 0 radical (unpaired) electrons. The largest absolute Gasteiger partial charge is 0.287 e. The predicted octanol–water partition coefficient (Wildman–Crippen LogP) is 1.06. The van der Waals surface area contributed by atoms with Gasteiger partial charge >= 0.3 is 0 Å². The Bertz CT molecular complexity index is 557. The summed E-state index contributed by atoms with van der Waals surface area (Å²) in [7, 11) is 0. The Balaban J connectivity index is 2.96. The lowest BCUT2D eigenvalue weighted by Gasteiger charge is -2.03. The summed E-state index contributed by atoms with van der Waals surface area (Å²) >= 11 is 0. The van der Waals surface area contributed by atoms with E-state index in [1.165, 1.54) is 11.6 Å². The maximum Gasteiger partial charge on any atom is 0.244 e. The maximum atomic E-state index is 11.4. The first kappa shape index (κ1) is 8.62. The van der Waals surface area contributed by atoms with Gasteiger partial charge < -0.3 is 0 Å². The standard InChI is InChI=1S/C10H8N2O2/c1-7(13)12-9-5-3-2-4-8(9)10(14)6-11-12/h2-6H,1H3. The summed E-state index contributed by atoms with van der Waals surface area (Å²) in [5.74, 6) is -0.207. The van der Waals surface area contributed by atoms with Crippen molar-refractivity contribution in [3.63, 3.8) is 0 Å². The molecule has 0 bridgehead atoms. The molecule has 1 aromatic carbocycles. The molecule has 1 aromatic heterocycles. The molecule has 0 atom stereocenters. The third-order valence-electron chi connectivity index (χ3n) is 1.99. The topological polar surface area (TPSA) is 52.0 Å². The lowest BCUT2D eigenvalue weighted by molar-refractivity contribution is 0.0925. The first-order valence-corrected chi connectivity index (χ1v) is 4.18. The Hall–Kier alpha value is -1.97. The van der Waals surface area contributed by atoms with Crippen molar-refractivity contribution in [2.75, 3.05) is 0 Å². The van der Waals surface area contributed by atoms with E-state index in [-0.39, 0.29) is 11.3 Å². The molecule has 4 heteroatoms. The highest BCUT2D eigenvalue weighted by molar-refractivity contribution is 5.88. The second-order valence-corrected chi connectivity index (χ2v) is 2.96. The van der Waals surface area contributed by atoms with Crippen molar-refractivity contribution in [1.29, 1.82) is 0 Å². The van der Waals surface area contributed by atoms with Crippen LogP contribution in [0.2, 0.25) is 0 Å². The number of aromatic nitrogens is 2. The summed E-state index contributed by atoms with van der Waals surface area (Å²) in [6, 6.07) is 6.90. The van der Waals surface area contributed by atoms with E-state index in [9.17, 15) is 9.59 Å². The molecule has 0 saturated heterocycles. The van der Waals surface area contributed by atoms with Crippen molar-refractivity contribution in [3.05, 3.63) is 40.7 Å². The van der Waals surface area contributed by atoms with Gasteiger partial charge in [0, 0.05) is 12.3 Å². The van der Waals surface area contributed by atoms with Crippen LogP contribution in [0.1, 0.15) is 11.7 Å². The first-order chi connectivity index (χ1) is 6.70. The van der Waals surface area contributed by atoms with Crippen molar-refractivity contribution in [1.82, 2.24) is 9.78 Å². The van der Waals surface area contributed by atoms with Crippen LogP contribution in [0.25, 0.3) is 10.9 Å². The average molecular weight is 188 g/mol. The number of carbonyl (C=O) groups is 1. The van der Waals surface area contributed by atoms with Gasteiger partial charge in [0.05, 0.1) is 11.7 Å². The van der Waals surface area contributed by atoms with Gasteiger partial charge in [0.25, 0.3) is 0 Å². The van der Waals surface area contributed by atoms with Gasteiger partial charge in [0.2, 0.25) is 11.3 Å². The van der Waals surface area contributed by atoms with E-state index in [2.05, 4.69) is 5.10 Å². The zero-order valence-corrected chi connectivity index (χ0v) is 7.60. The minimum atomic E-state index is -0.207. The lowest BCUT2D eigenvalue weighted by Crippen LogP contribution is -2.16. The van der Waals surface area contributed by atoms with Crippen molar-refractivity contribution >= 4 is 16.8 Å². The zero-order chi connectivity index (χ0) is 10.1. The van der Waals surface area contributed by atoms with Gasteiger partial charge in [-0.2, -0.15) is 5.10 Å². The monoisotopic (exact) mass is 188 g/mol. The number of hydrogen-bond donors (Lipinski definition) is 0. The molecule has 0 amide bonds. The molecule has 70 valence electrons. The highest BCUT2D eigenvalue weighted by Crippen LogP contribution is 2.06. The SMILES string of the molecule is CC(=O)n1ncc(=O)c2ccccc21. The molecule has 0 aliphatic carbocycles. The molecule has 0 unspecified atom stereocenters. The number of benzene rings is 1. The van der Waals surface area contributed by atoms with Gasteiger partial charge in [-0.1, -0.05) is 12.1 Å². The summed E-state index contributed by atoms with van der Waals surface area (Å²) in [6.07, 6.45) is 1.16. The highest BCUT2D eigenvalue weighted by atomic mass is 16.2. The molecular weight excluding hydrogens is 180 g/mol. The molecular formula is C10H8N2O2. The number of nitrogens with zero attached hydrogens (tertiary/aromatic N) is 2. The Morgan fingerprint density at radius 2 is 2.07 bits per heavy atom. The first-order valence-electron chi connectivity index (χ1n) is 4.18.